The van der Waals surface area contributed by atoms with Crippen molar-refractivity contribution in [3.63, 3.8) is 0 Å². The molecule has 7 heteroatoms. The van der Waals surface area contributed by atoms with Crippen LogP contribution in [0.1, 0.15) is 18.0 Å². The van der Waals surface area contributed by atoms with Gasteiger partial charge in [0.1, 0.15) is 0 Å². The minimum atomic E-state index is -0.455. The number of aryl methyl sites for hydroxylation is 1. The summed E-state index contributed by atoms with van der Waals surface area (Å²) in [5.41, 5.74) is 0.804. The summed E-state index contributed by atoms with van der Waals surface area (Å²) in [6, 6.07) is 8.10. The van der Waals surface area contributed by atoms with Gasteiger partial charge < -0.3 is 15.7 Å². The van der Waals surface area contributed by atoms with Crippen LogP contribution in [0.2, 0.25) is 5.02 Å². The number of urea groups is 1. The van der Waals surface area contributed by atoms with E-state index in [9.17, 15) is 9.90 Å². The van der Waals surface area contributed by atoms with Gasteiger partial charge in [-0.2, -0.15) is 5.10 Å². The maximum absolute atomic E-state index is 11.8. The summed E-state index contributed by atoms with van der Waals surface area (Å²) in [7, 11) is 0. The minimum absolute atomic E-state index is 0.178. The number of nitrogens with zero attached hydrogens (tertiary/aromatic N) is 2. The van der Waals surface area contributed by atoms with Gasteiger partial charge in [0.25, 0.3) is 0 Å². The maximum Gasteiger partial charge on any atom is 0.315 e. The van der Waals surface area contributed by atoms with E-state index in [1.165, 1.54) is 0 Å². The molecule has 0 spiro atoms. The van der Waals surface area contributed by atoms with Gasteiger partial charge in [-0.15, -0.1) is 0 Å². The number of hydrogen-bond acceptors (Lipinski definition) is 3. The number of aliphatic hydroxyl groups excluding tert-OH is 1. The lowest BCUT2D eigenvalue weighted by Gasteiger charge is -2.17. The first-order chi connectivity index (χ1) is 10.7. The average molecular weight is 323 g/mol. The van der Waals surface area contributed by atoms with Crippen molar-refractivity contribution in [2.45, 2.75) is 19.0 Å². The molecule has 22 heavy (non-hydrogen) atoms. The molecule has 2 aromatic rings. The molecule has 1 aromatic heterocycles. The summed E-state index contributed by atoms with van der Waals surface area (Å²) >= 11 is 5.82. The van der Waals surface area contributed by atoms with Crippen LogP contribution in [0.3, 0.4) is 0 Å². The molecule has 0 fully saturated rings. The van der Waals surface area contributed by atoms with Crippen molar-refractivity contribution in [2.24, 2.45) is 0 Å². The Labute approximate surface area is 134 Å². The Morgan fingerprint density at radius 3 is 2.77 bits per heavy atom. The van der Waals surface area contributed by atoms with Gasteiger partial charge in [-0.1, -0.05) is 23.7 Å². The first kappa shape index (κ1) is 16.3. The van der Waals surface area contributed by atoms with Gasteiger partial charge in [0.2, 0.25) is 0 Å². The molecule has 0 aliphatic rings. The van der Waals surface area contributed by atoms with Gasteiger partial charge in [0.05, 0.1) is 12.6 Å². The molecule has 2 amide bonds. The standard InChI is InChI=1S/C15H19ClN4O2/c16-13-5-3-12(4-6-13)14(11-21)19-15(22)17-7-1-9-20-10-2-8-18-20/h2-6,8,10,14,21H,1,7,9,11H2,(H2,17,19,22). The fraction of sp³-hybridized carbons (Fsp3) is 0.333. The van der Waals surface area contributed by atoms with E-state index in [-0.39, 0.29) is 12.6 Å². The van der Waals surface area contributed by atoms with Crippen LogP contribution in [0.15, 0.2) is 42.7 Å². The van der Waals surface area contributed by atoms with Crippen molar-refractivity contribution in [3.8, 4) is 0 Å². The molecule has 1 unspecified atom stereocenters. The summed E-state index contributed by atoms with van der Waals surface area (Å²) in [5.74, 6) is 0. The third-order valence-electron chi connectivity index (χ3n) is 3.17. The van der Waals surface area contributed by atoms with Gasteiger partial charge in [-0.05, 0) is 30.2 Å². The van der Waals surface area contributed by atoms with E-state index in [2.05, 4.69) is 15.7 Å². The number of hydrogen-bond donors (Lipinski definition) is 3. The van der Waals surface area contributed by atoms with Crippen molar-refractivity contribution in [1.29, 1.82) is 0 Å². The van der Waals surface area contributed by atoms with Gasteiger partial charge in [-0.3, -0.25) is 4.68 Å². The number of halogens is 1. The normalized spacial score (nSPS) is 11.9. The molecule has 0 aliphatic heterocycles. The molecule has 1 aromatic carbocycles. The van der Waals surface area contributed by atoms with E-state index < -0.39 is 6.04 Å². The van der Waals surface area contributed by atoms with Crippen LogP contribution < -0.4 is 10.6 Å². The van der Waals surface area contributed by atoms with Gasteiger partial charge in [0, 0.05) is 30.5 Å². The van der Waals surface area contributed by atoms with E-state index in [4.69, 9.17) is 11.6 Å². The fourth-order valence-corrected chi connectivity index (χ4v) is 2.14. The molecule has 0 bridgehead atoms. The second-order valence-corrected chi connectivity index (χ2v) is 5.25. The van der Waals surface area contributed by atoms with Crippen molar-refractivity contribution in [1.82, 2.24) is 20.4 Å². The number of amides is 2. The Morgan fingerprint density at radius 2 is 2.14 bits per heavy atom. The summed E-state index contributed by atoms with van der Waals surface area (Å²) in [5, 5.41) is 19.6. The summed E-state index contributed by atoms with van der Waals surface area (Å²) in [6.07, 6.45) is 4.38. The summed E-state index contributed by atoms with van der Waals surface area (Å²) in [6.45, 7) is 1.10. The molecule has 6 nitrogen and oxygen atoms in total. The Hall–Kier alpha value is -2.05. The lowest BCUT2D eigenvalue weighted by atomic mass is 10.1. The predicted octanol–water partition coefficient (Wildman–Crippen LogP) is 1.96. The quantitative estimate of drug-likeness (QED) is 0.682. The smallest absolute Gasteiger partial charge is 0.315 e. The monoisotopic (exact) mass is 322 g/mol. The first-order valence-electron chi connectivity index (χ1n) is 7.07. The number of carbonyl (C=O) groups excluding carboxylic acids is 1. The molecule has 2 rings (SSSR count). The number of rotatable bonds is 7. The molecule has 0 saturated carbocycles. The largest absolute Gasteiger partial charge is 0.394 e. The zero-order chi connectivity index (χ0) is 15.8. The number of aromatic nitrogens is 2. The van der Waals surface area contributed by atoms with Crippen molar-refractivity contribution in [3.05, 3.63) is 53.3 Å². The second-order valence-electron chi connectivity index (χ2n) is 4.81. The molecule has 1 heterocycles. The number of aliphatic hydroxyl groups is 1. The SMILES string of the molecule is O=C(NCCCn1cccn1)NC(CO)c1ccc(Cl)cc1. The van der Waals surface area contributed by atoms with Crippen molar-refractivity contribution in [2.75, 3.05) is 13.2 Å². The third-order valence-corrected chi connectivity index (χ3v) is 3.42. The Kier molecular flexibility index (Phi) is 6.24. The van der Waals surface area contributed by atoms with Crippen LogP contribution in [0.25, 0.3) is 0 Å². The van der Waals surface area contributed by atoms with Crippen LogP contribution in [-0.2, 0) is 6.54 Å². The molecule has 1 atom stereocenters. The maximum atomic E-state index is 11.8. The average Bonchev–Trinajstić information content (AvgIpc) is 3.03. The van der Waals surface area contributed by atoms with Crippen LogP contribution in [0.4, 0.5) is 4.79 Å². The van der Waals surface area contributed by atoms with E-state index in [0.717, 1.165) is 18.5 Å². The van der Waals surface area contributed by atoms with Gasteiger partial charge in [0.15, 0.2) is 0 Å². The van der Waals surface area contributed by atoms with Crippen molar-refractivity contribution >= 4 is 17.6 Å². The Morgan fingerprint density at radius 1 is 1.36 bits per heavy atom. The van der Waals surface area contributed by atoms with E-state index >= 15 is 0 Å². The van der Waals surface area contributed by atoms with Crippen molar-refractivity contribution < 1.29 is 9.90 Å². The summed E-state index contributed by atoms with van der Waals surface area (Å²) in [4.78, 5) is 11.8. The molecule has 3 N–H and O–H groups in total. The topological polar surface area (TPSA) is 79.2 Å². The Bertz CT molecular complexity index is 572. The van der Waals surface area contributed by atoms with Crippen LogP contribution >= 0.6 is 11.6 Å². The highest BCUT2D eigenvalue weighted by molar-refractivity contribution is 6.30. The highest BCUT2D eigenvalue weighted by Crippen LogP contribution is 2.16. The highest BCUT2D eigenvalue weighted by Gasteiger charge is 2.13. The zero-order valence-corrected chi connectivity index (χ0v) is 12.8. The fourth-order valence-electron chi connectivity index (χ4n) is 2.01. The summed E-state index contributed by atoms with van der Waals surface area (Å²) < 4.78 is 1.81. The van der Waals surface area contributed by atoms with Crippen LogP contribution in [-0.4, -0.2) is 34.1 Å². The van der Waals surface area contributed by atoms with E-state index in [1.807, 2.05) is 16.9 Å². The van der Waals surface area contributed by atoms with Gasteiger partial charge >= 0.3 is 6.03 Å². The second kappa shape index (κ2) is 8.41. The molecular weight excluding hydrogens is 304 g/mol. The van der Waals surface area contributed by atoms with Crippen LogP contribution in [0, 0.1) is 0 Å². The predicted molar refractivity (Wildman–Crippen MR) is 84.7 cm³/mol. The third kappa shape index (κ3) is 5.05. The molecule has 118 valence electrons. The zero-order valence-electron chi connectivity index (χ0n) is 12.1. The minimum Gasteiger partial charge on any atom is -0.394 e. The first-order valence-corrected chi connectivity index (χ1v) is 7.45. The molecule has 0 radical (unpaired) electrons. The van der Waals surface area contributed by atoms with E-state index in [0.29, 0.717) is 11.6 Å². The molecular formula is C15H19ClN4O2. The lowest BCUT2D eigenvalue weighted by Crippen LogP contribution is -2.39. The number of benzene rings is 1. The van der Waals surface area contributed by atoms with Crippen LogP contribution in [0.5, 0.6) is 0 Å². The Balaban J connectivity index is 1.73. The number of nitrogens with one attached hydrogen (secondary N) is 2. The highest BCUT2D eigenvalue weighted by atomic mass is 35.5. The lowest BCUT2D eigenvalue weighted by molar-refractivity contribution is 0.216. The van der Waals surface area contributed by atoms with Gasteiger partial charge in [-0.25, -0.2) is 4.79 Å². The molecule has 0 aliphatic carbocycles. The van der Waals surface area contributed by atoms with E-state index in [1.54, 1.807) is 30.5 Å². The number of carbonyl (C=O) groups is 1. The molecule has 0 saturated heterocycles.